The molecule has 0 aromatic heterocycles. The van der Waals surface area contributed by atoms with Crippen molar-refractivity contribution in [3.8, 4) is 0 Å². The Balaban J connectivity index is 2.29. The van der Waals surface area contributed by atoms with Crippen molar-refractivity contribution in [2.75, 3.05) is 13.2 Å². The third-order valence-corrected chi connectivity index (χ3v) is 2.11. The van der Waals surface area contributed by atoms with Gasteiger partial charge in [-0.1, -0.05) is 0 Å². The first-order valence-corrected chi connectivity index (χ1v) is 4.14. The zero-order valence-electron chi connectivity index (χ0n) is 6.86. The van der Waals surface area contributed by atoms with Gasteiger partial charge in [0.05, 0.1) is 18.8 Å². The van der Waals surface area contributed by atoms with E-state index in [4.69, 9.17) is 9.84 Å². The molecule has 3 heteroatoms. The molecule has 0 amide bonds. The summed E-state index contributed by atoms with van der Waals surface area (Å²) in [6.07, 6.45) is 0.863. The average molecular weight is 160 g/mol. The van der Waals surface area contributed by atoms with Crippen LogP contribution in [0.25, 0.3) is 0 Å². The molecule has 0 radical (unpaired) electrons. The van der Waals surface area contributed by atoms with E-state index in [-0.39, 0.29) is 18.1 Å². The molecule has 11 heavy (non-hydrogen) atoms. The van der Waals surface area contributed by atoms with Crippen LogP contribution in [0, 0.1) is 5.92 Å². The molecule has 3 unspecified atom stereocenters. The van der Waals surface area contributed by atoms with Gasteiger partial charge in [-0.2, -0.15) is 0 Å². The molecule has 0 aromatic rings. The summed E-state index contributed by atoms with van der Waals surface area (Å²) in [7, 11) is 0. The number of hydrogen-bond donors (Lipinski definition) is 2. The van der Waals surface area contributed by atoms with Crippen molar-refractivity contribution in [3.05, 3.63) is 0 Å². The van der Waals surface area contributed by atoms with E-state index < -0.39 is 0 Å². The summed E-state index contributed by atoms with van der Waals surface area (Å²) in [6, 6.07) is 0. The molecule has 2 N–H and O–H groups in total. The lowest BCUT2D eigenvalue weighted by atomic mass is 9.92. The molecule has 0 spiro atoms. The predicted molar refractivity (Wildman–Crippen MR) is 41.2 cm³/mol. The fraction of sp³-hybridized carbons (Fsp3) is 1.00. The van der Waals surface area contributed by atoms with Gasteiger partial charge in [-0.3, -0.25) is 0 Å². The summed E-state index contributed by atoms with van der Waals surface area (Å²) < 4.78 is 5.06. The first kappa shape index (κ1) is 8.97. The molecule has 0 saturated carbocycles. The number of aliphatic hydroxyl groups excluding tert-OH is 2. The summed E-state index contributed by atoms with van der Waals surface area (Å²) in [5, 5.41) is 18.5. The first-order valence-electron chi connectivity index (χ1n) is 4.14. The van der Waals surface area contributed by atoms with Crippen molar-refractivity contribution >= 4 is 0 Å². The van der Waals surface area contributed by atoms with Crippen molar-refractivity contribution in [3.63, 3.8) is 0 Å². The highest BCUT2D eigenvalue weighted by molar-refractivity contribution is 4.73. The Morgan fingerprint density at radius 3 is 2.91 bits per heavy atom. The lowest BCUT2D eigenvalue weighted by Gasteiger charge is -2.28. The van der Waals surface area contributed by atoms with Crippen LogP contribution in [-0.4, -0.2) is 35.6 Å². The van der Waals surface area contributed by atoms with Gasteiger partial charge in [-0.05, 0) is 25.7 Å². The third-order valence-electron chi connectivity index (χ3n) is 2.11. The SMILES string of the molecule is CC(O)CC1CCOCC1O. The van der Waals surface area contributed by atoms with Gasteiger partial charge >= 0.3 is 0 Å². The van der Waals surface area contributed by atoms with Crippen LogP contribution >= 0.6 is 0 Å². The molecule has 66 valence electrons. The second kappa shape index (κ2) is 4.04. The van der Waals surface area contributed by atoms with E-state index in [9.17, 15) is 5.11 Å². The van der Waals surface area contributed by atoms with Gasteiger partial charge in [0, 0.05) is 6.61 Å². The number of rotatable bonds is 2. The van der Waals surface area contributed by atoms with E-state index in [0.29, 0.717) is 19.6 Å². The van der Waals surface area contributed by atoms with Crippen molar-refractivity contribution in [2.45, 2.75) is 32.0 Å². The third kappa shape index (κ3) is 2.77. The Labute approximate surface area is 67.0 Å². The molecule has 0 bridgehead atoms. The molecule has 1 fully saturated rings. The maximum Gasteiger partial charge on any atom is 0.0803 e. The predicted octanol–water partition coefficient (Wildman–Crippen LogP) is 0.155. The van der Waals surface area contributed by atoms with E-state index >= 15 is 0 Å². The molecular formula is C8H16O3. The lowest BCUT2D eigenvalue weighted by Crippen LogP contribution is -2.33. The van der Waals surface area contributed by atoms with Crippen molar-refractivity contribution in [2.24, 2.45) is 5.92 Å². The van der Waals surface area contributed by atoms with Crippen LogP contribution in [-0.2, 0) is 4.74 Å². The molecular weight excluding hydrogens is 144 g/mol. The highest BCUT2D eigenvalue weighted by atomic mass is 16.5. The Bertz CT molecular complexity index is 114. The summed E-state index contributed by atoms with van der Waals surface area (Å²) >= 11 is 0. The molecule has 3 atom stereocenters. The second-order valence-electron chi connectivity index (χ2n) is 3.28. The van der Waals surface area contributed by atoms with Gasteiger partial charge in [0.1, 0.15) is 0 Å². The zero-order chi connectivity index (χ0) is 8.27. The Hall–Kier alpha value is -0.120. The molecule has 1 rings (SSSR count). The summed E-state index contributed by atoms with van der Waals surface area (Å²) in [5.41, 5.74) is 0. The molecule has 1 saturated heterocycles. The van der Waals surface area contributed by atoms with Crippen molar-refractivity contribution < 1.29 is 14.9 Å². The molecule has 1 aliphatic heterocycles. The molecule has 0 aliphatic carbocycles. The minimum Gasteiger partial charge on any atom is -0.393 e. The highest BCUT2D eigenvalue weighted by Crippen LogP contribution is 2.20. The van der Waals surface area contributed by atoms with E-state index in [1.807, 2.05) is 0 Å². The van der Waals surface area contributed by atoms with Crippen molar-refractivity contribution in [1.29, 1.82) is 0 Å². The van der Waals surface area contributed by atoms with Crippen LogP contribution in [0.15, 0.2) is 0 Å². The number of hydrogen-bond acceptors (Lipinski definition) is 3. The van der Waals surface area contributed by atoms with Gasteiger partial charge in [-0.15, -0.1) is 0 Å². The van der Waals surface area contributed by atoms with Crippen LogP contribution in [0.4, 0.5) is 0 Å². The molecule has 0 aromatic carbocycles. The largest absolute Gasteiger partial charge is 0.393 e. The average Bonchev–Trinajstić information content (AvgIpc) is 1.93. The van der Waals surface area contributed by atoms with E-state index in [2.05, 4.69) is 0 Å². The summed E-state index contributed by atoms with van der Waals surface area (Å²) in [4.78, 5) is 0. The van der Waals surface area contributed by atoms with Crippen LogP contribution in [0.1, 0.15) is 19.8 Å². The normalized spacial score (nSPS) is 35.2. The van der Waals surface area contributed by atoms with Gasteiger partial charge in [-0.25, -0.2) is 0 Å². The number of aliphatic hydroxyl groups is 2. The second-order valence-corrected chi connectivity index (χ2v) is 3.28. The fourth-order valence-corrected chi connectivity index (χ4v) is 1.48. The minimum atomic E-state index is -0.377. The Morgan fingerprint density at radius 1 is 1.64 bits per heavy atom. The monoisotopic (exact) mass is 160 g/mol. The van der Waals surface area contributed by atoms with E-state index in [0.717, 1.165) is 6.42 Å². The Morgan fingerprint density at radius 2 is 2.36 bits per heavy atom. The van der Waals surface area contributed by atoms with Gasteiger partial charge in [0.25, 0.3) is 0 Å². The first-order chi connectivity index (χ1) is 5.20. The van der Waals surface area contributed by atoms with E-state index in [1.54, 1.807) is 6.92 Å². The van der Waals surface area contributed by atoms with Crippen molar-refractivity contribution in [1.82, 2.24) is 0 Å². The van der Waals surface area contributed by atoms with Crippen LogP contribution < -0.4 is 0 Å². The summed E-state index contributed by atoms with van der Waals surface area (Å²) in [5.74, 6) is 0.226. The van der Waals surface area contributed by atoms with Crippen LogP contribution in [0.2, 0.25) is 0 Å². The number of ether oxygens (including phenoxy) is 1. The quantitative estimate of drug-likeness (QED) is 0.604. The maximum absolute atomic E-state index is 9.38. The maximum atomic E-state index is 9.38. The summed E-state index contributed by atoms with van der Waals surface area (Å²) in [6.45, 7) is 2.90. The topological polar surface area (TPSA) is 49.7 Å². The molecule has 1 heterocycles. The standard InChI is InChI=1S/C8H16O3/c1-6(9)4-7-2-3-11-5-8(7)10/h6-10H,2-5H2,1H3. The van der Waals surface area contributed by atoms with Crippen LogP contribution in [0.5, 0.6) is 0 Å². The zero-order valence-corrected chi connectivity index (χ0v) is 6.86. The molecule has 3 nitrogen and oxygen atoms in total. The smallest absolute Gasteiger partial charge is 0.0803 e. The molecule has 1 aliphatic rings. The van der Waals surface area contributed by atoms with E-state index in [1.165, 1.54) is 0 Å². The minimum absolute atomic E-state index is 0.226. The van der Waals surface area contributed by atoms with Gasteiger partial charge < -0.3 is 14.9 Å². The van der Waals surface area contributed by atoms with Crippen LogP contribution in [0.3, 0.4) is 0 Å². The van der Waals surface area contributed by atoms with Gasteiger partial charge in [0.15, 0.2) is 0 Å². The Kier molecular flexibility index (Phi) is 3.30. The highest BCUT2D eigenvalue weighted by Gasteiger charge is 2.24. The van der Waals surface area contributed by atoms with Gasteiger partial charge in [0.2, 0.25) is 0 Å². The fourth-order valence-electron chi connectivity index (χ4n) is 1.48. The lowest BCUT2D eigenvalue weighted by molar-refractivity contribution is -0.0552.